The Bertz CT molecular complexity index is 3450. The molecule has 8 aromatic rings. The quantitative estimate of drug-likeness (QED) is 0.0229. The number of aliphatic carboxylic acids is 2. The van der Waals surface area contributed by atoms with Crippen LogP contribution in [0.15, 0.2) is 175 Å². The molecule has 440 valence electrons. The van der Waals surface area contributed by atoms with E-state index in [0.29, 0.717) is 52.4 Å². The number of aliphatic hydroxyl groups excluding tert-OH is 2. The Hall–Kier alpha value is -7.28. The smallest absolute Gasteiger partial charge is 0.858 e. The van der Waals surface area contributed by atoms with E-state index in [2.05, 4.69) is 10.3 Å². The summed E-state index contributed by atoms with van der Waals surface area (Å²) in [5.74, 6) is -3.88. The standard InChI is InChI=1S/2C34H37FN2O5.Ca/c2*1-22(2)32-31(34(41)36-26-12-8-5-9-13-26)30(23-10-6-4-7-11-23)33(24-14-16-25(35)17-15-24)37(32)19-18-27(38)20-28(42-3)21-29(39)40;/h2*4-17,22,27-28,38H,18-21H2,1-3H3,(H,36,41)(H,39,40);/q;;+2/p-2/t27-,28-;;/m1../s1. The van der Waals surface area contributed by atoms with Crippen molar-refractivity contribution in [2.45, 2.75) is 116 Å². The third-order valence-corrected chi connectivity index (χ3v) is 14.4. The van der Waals surface area contributed by atoms with Gasteiger partial charge in [0, 0.05) is 79.9 Å². The molecule has 0 saturated carbocycles. The Balaban J connectivity index is 0.000000269. The number of ether oxygens (including phenoxy) is 2. The third-order valence-electron chi connectivity index (χ3n) is 14.4. The first kappa shape index (κ1) is 66.9. The molecule has 0 aliphatic rings. The van der Waals surface area contributed by atoms with Gasteiger partial charge in [0.25, 0.3) is 5.91 Å². The van der Waals surface area contributed by atoms with Crippen molar-refractivity contribution in [1.29, 1.82) is 0 Å². The molecule has 2 unspecified atom stereocenters. The van der Waals surface area contributed by atoms with Crippen LogP contribution >= 0.6 is 0 Å². The number of rotatable bonds is 26. The number of amides is 1. The van der Waals surface area contributed by atoms with Gasteiger partial charge in [-0.25, -0.2) is 8.78 Å². The Morgan fingerprint density at radius 1 is 0.553 bits per heavy atom. The number of halogens is 2. The number of hydrogen-bond acceptors (Lipinski definition) is 10. The number of para-hydroxylation sites is 2. The van der Waals surface area contributed by atoms with Crippen LogP contribution in [0, 0.1) is 11.6 Å². The fourth-order valence-corrected chi connectivity index (χ4v) is 10.7. The zero-order valence-corrected chi connectivity index (χ0v) is 51.0. The topological polar surface area (TPSA) is 211 Å². The molecule has 14 nitrogen and oxygen atoms in total. The van der Waals surface area contributed by atoms with Gasteiger partial charge in [-0.15, -0.1) is 0 Å². The molecule has 4 atom stereocenters. The average molecular weight is 1180 g/mol. The number of methoxy groups -OCH3 is 2. The molecule has 0 saturated heterocycles. The molecule has 6 aromatic carbocycles. The molecule has 4 N–H and O–H groups in total. The normalized spacial score (nSPS) is 12.9. The molecule has 17 heteroatoms. The van der Waals surface area contributed by atoms with E-state index in [4.69, 9.17) is 9.47 Å². The van der Waals surface area contributed by atoms with Gasteiger partial charge in [0.15, 0.2) is 0 Å². The zero-order chi connectivity index (χ0) is 60.5. The van der Waals surface area contributed by atoms with Crippen molar-refractivity contribution >= 4 is 72.9 Å². The summed E-state index contributed by atoms with van der Waals surface area (Å²) < 4.78 is 42.7. The Morgan fingerprint density at radius 2 is 0.941 bits per heavy atom. The second-order valence-corrected chi connectivity index (χ2v) is 21.1. The van der Waals surface area contributed by atoms with Gasteiger partial charge in [-0.3, -0.25) is 14.6 Å². The number of anilines is 1. The minimum Gasteiger partial charge on any atom is -0.858 e. The van der Waals surface area contributed by atoms with Gasteiger partial charge in [0.05, 0.1) is 53.5 Å². The molecule has 85 heavy (non-hydrogen) atoms. The van der Waals surface area contributed by atoms with E-state index in [1.54, 1.807) is 36.4 Å². The second kappa shape index (κ2) is 32.3. The van der Waals surface area contributed by atoms with E-state index in [0.717, 1.165) is 39.3 Å². The van der Waals surface area contributed by atoms with Gasteiger partial charge in [0.2, 0.25) is 0 Å². The number of carboxylic acid groups (broad SMARTS) is 2. The zero-order valence-electron chi connectivity index (χ0n) is 48.8. The van der Waals surface area contributed by atoms with Crippen LogP contribution in [0.4, 0.5) is 20.2 Å². The fraction of sp³-hybridized carbons (Fsp3) is 0.294. The number of nitrogens with zero attached hydrogens (tertiary/aromatic N) is 3. The minimum atomic E-state index is -1.25. The van der Waals surface area contributed by atoms with Crippen molar-refractivity contribution in [1.82, 2.24) is 9.13 Å². The molecule has 0 radical (unpaired) electrons. The molecule has 0 bridgehead atoms. The summed E-state index contributed by atoms with van der Waals surface area (Å²) in [4.78, 5) is 40.9. The molecule has 0 aliphatic heterocycles. The van der Waals surface area contributed by atoms with E-state index in [-0.39, 0.29) is 106 Å². The number of carboxylic acids is 2. The van der Waals surface area contributed by atoms with Crippen molar-refractivity contribution in [2.24, 2.45) is 4.99 Å². The third kappa shape index (κ3) is 17.9. The first-order chi connectivity index (χ1) is 40.4. The summed E-state index contributed by atoms with van der Waals surface area (Å²) >= 11 is 0. The van der Waals surface area contributed by atoms with Crippen molar-refractivity contribution in [3.05, 3.63) is 204 Å². The predicted molar refractivity (Wildman–Crippen MR) is 325 cm³/mol. The van der Waals surface area contributed by atoms with Gasteiger partial charge >= 0.3 is 43.7 Å². The number of carbonyl (C=O) groups is 3. The number of nitrogens with one attached hydrogen (secondary N) is 1. The molecule has 0 aliphatic carbocycles. The Morgan fingerprint density at radius 3 is 1.34 bits per heavy atom. The molecule has 2 aromatic heterocycles. The van der Waals surface area contributed by atoms with Gasteiger partial charge in [-0.2, -0.15) is 0 Å². The largest absolute Gasteiger partial charge is 2.00 e. The van der Waals surface area contributed by atoms with Crippen molar-refractivity contribution in [3.63, 3.8) is 0 Å². The number of aliphatic imine (C=N–C) groups is 1. The van der Waals surface area contributed by atoms with E-state index in [1.807, 2.05) is 146 Å². The first-order valence-corrected chi connectivity index (χ1v) is 28.0. The maximum atomic E-state index is 14.1. The second-order valence-electron chi connectivity index (χ2n) is 21.1. The van der Waals surface area contributed by atoms with E-state index in [1.165, 1.54) is 38.5 Å². The summed E-state index contributed by atoms with van der Waals surface area (Å²) in [5.41, 5.74) is 9.57. The van der Waals surface area contributed by atoms with E-state index in [9.17, 15) is 48.7 Å². The molecule has 1 amide bonds. The van der Waals surface area contributed by atoms with Crippen LogP contribution < -0.4 is 15.5 Å². The number of carbonyl (C=O) groups excluding carboxylic acids is 2. The molecule has 0 spiro atoms. The number of aromatic nitrogens is 2. The molecule has 2 heterocycles. The maximum Gasteiger partial charge on any atom is 2.00 e. The van der Waals surface area contributed by atoms with Crippen LogP contribution in [0.2, 0.25) is 0 Å². The van der Waals surface area contributed by atoms with Crippen molar-refractivity contribution in [2.75, 3.05) is 19.5 Å². The van der Waals surface area contributed by atoms with Crippen LogP contribution in [-0.2, 0) is 32.2 Å². The fourth-order valence-electron chi connectivity index (χ4n) is 10.7. The Kier molecular flexibility index (Phi) is 25.4. The van der Waals surface area contributed by atoms with Gasteiger partial charge in [-0.1, -0.05) is 125 Å². The van der Waals surface area contributed by atoms with Gasteiger partial charge < -0.3 is 54.3 Å². The van der Waals surface area contributed by atoms with Crippen LogP contribution in [0.1, 0.15) is 105 Å². The SMILES string of the molecule is COC(CC(=O)O)CC(O)CCn1c(-c2ccc(F)cc2)c(-c2ccccc2)c(C(=O)Nc2ccccc2)c1C(C)C.CO[C@@H](CC(=O)[O-])C[C@H](O)CCn1c(-c2ccc(F)cc2)c(-c2ccccc2)c(C([O-])=Nc2ccccc2)c1C(C)C.[Ca+2]. The van der Waals surface area contributed by atoms with Crippen LogP contribution in [0.5, 0.6) is 0 Å². The average Bonchev–Trinajstić information content (AvgIpc) is 1.92. The predicted octanol–water partition coefficient (Wildman–Crippen LogP) is 11.4. The summed E-state index contributed by atoms with van der Waals surface area (Å²) in [6.07, 6.45) is -2.79. The van der Waals surface area contributed by atoms with Crippen LogP contribution in [0.3, 0.4) is 0 Å². The summed E-state index contributed by atoms with van der Waals surface area (Å²) in [6, 6.07) is 49.7. The van der Waals surface area contributed by atoms with E-state index >= 15 is 0 Å². The summed E-state index contributed by atoms with van der Waals surface area (Å²) in [7, 11) is 2.83. The summed E-state index contributed by atoms with van der Waals surface area (Å²) in [5, 5.41) is 59.2. The first-order valence-electron chi connectivity index (χ1n) is 28.0. The van der Waals surface area contributed by atoms with E-state index < -0.39 is 42.3 Å². The Labute approximate surface area is 525 Å². The summed E-state index contributed by atoms with van der Waals surface area (Å²) in [6.45, 7) is 8.65. The van der Waals surface area contributed by atoms with Crippen molar-refractivity contribution < 1.29 is 58.2 Å². The molecule has 0 fully saturated rings. The maximum absolute atomic E-state index is 14.1. The van der Waals surface area contributed by atoms with Crippen molar-refractivity contribution in [3.8, 4) is 44.8 Å². The number of hydrogen-bond donors (Lipinski definition) is 4. The van der Waals surface area contributed by atoms with Crippen LogP contribution in [-0.4, -0.2) is 125 Å². The molecule has 8 rings (SSSR count). The minimum absolute atomic E-state index is 0. The monoisotopic (exact) mass is 1180 g/mol. The molecular weight excluding hydrogens is 1110 g/mol. The van der Waals surface area contributed by atoms with Gasteiger partial charge in [0.1, 0.15) is 11.6 Å². The number of benzene rings is 6. The number of aliphatic hydroxyl groups is 2. The van der Waals surface area contributed by atoms with Gasteiger partial charge in [-0.05, 0) is 132 Å². The molecular formula is C68H72CaF2N4O10. The van der Waals surface area contributed by atoms with Crippen LogP contribution in [0.25, 0.3) is 44.8 Å².